The van der Waals surface area contributed by atoms with Crippen molar-refractivity contribution >= 4 is 27.5 Å². The Morgan fingerprint density at radius 2 is 1.61 bits per heavy atom. The van der Waals surface area contributed by atoms with Crippen molar-refractivity contribution in [2.45, 2.75) is 65.2 Å². The minimum atomic E-state index is -3.86. The van der Waals surface area contributed by atoms with E-state index < -0.39 is 15.9 Å². The number of rotatable bonds is 6. The first-order chi connectivity index (χ1) is 17.1. The van der Waals surface area contributed by atoms with Crippen LogP contribution in [-0.4, -0.2) is 44.8 Å². The Morgan fingerprint density at radius 3 is 2.28 bits per heavy atom. The van der Waals surface area contributed by atoms with E-state index in [9.17, 15) is 18.0 Å². The number of anilines is 1. The number of hydrogen-bond acceptors (Lipinski definition) is 5. The third-order valence-corrected chi connectivity index (χ3v) is 7.54. The van der Waals surface area contributed by atoms with Gasteiger partial charge >= 0.3 is 0 Å². The maximum atomic E-state index is 13.0. The molecule has 36 heavy (non-hydrogen) atoms. The van der Waals surface area contributed by atoms with Crippen LogP contribution in [0.2, 0.25) is 0 Å². The number of carbonyl (C=O) groups is 2. The number of nitrogens with one attached hydrogen (secondary N) is 1. The third kappa shape index (κ3) is 8.45. The summed E-state index contributed by atoms with van der Waals surface area (Å²) in [5.41, 5.74) is 2.53. The number of nitrogens with zero attached hydrogens (tertiary/aromatic N) is 2. The van der Waals surface area contributed by atoms with Crippen LogP contribution in [0, 0.1) is 5.92 Å². The second-order valence-electron chi connectivity index (χ2n) is 10.1. The van der Waals surface area contributed by atoms with E-state index in [2.05, 4.69) is 23.5 Å². The van der Waals surface area contributed by atoms with Gasteiger partial charge in [-0.2, -0.15) is 0 Å². The molecule has 0 saturated carbocycles. The Balaban J connectivity index is 1.91. The van der Waals surface area contributed by atoms with Crippen molar-refractivity contribution in [1.29, 1.82) is 0 Å². The largest absolute Gasteiger partial charge is 0.312 e. The monoisotopic (exact) mass is 513 g/mol. The quantitative estimate of drug-likeness (QED) is 0.604. The van der Waals surface area contributed by atoms with Crippen molar-refractivity contribution in [3.63, 3.8) is 0 Å². The minimum absolute atomic E-state index is 0.0358. The van der Waals surface area contributed by atoms with Gasteiger partial charge in [-0.05, 0) is 54.6 Å². The Kier molecular flexibility index (Phi) is 10.1. The van der Waals surface area contributed by atoms with Crippen LogP contribution in [0.5, 0.6) is 0 Å². The van der Waals surface area contributed by atoms with E-state index in [0.717, 1.165) is 56.4 Å². The van der Waals surface area contributed by atoms with Crippen LogP contribution in [0.25, 0.3) is 0 Å². The topological polar surface area (TPSA) is 86.8 Å². The van der Waals surface area contributed by atoms with E-state index in [1.54, 1.807) is 54.3 Å². The highest BCUT2D eigenvalue weighted by molar-refractivity contribution is 7.89. The molecule has 0 aromatic heterocycles. The normalized spacial score (nSPS) is 16.1. The number of benzene rings is 2. The molecule has 0 radical (unpaired) electrons. The summed E-state index contributed by atoms with van der Waals surface area (Å²) in [6.45, 7) is 9.00. The molecular formula is C28H39N3O4S. The first-order valence-corrected chi connectivity index (χ1v) is 14.5. The average molecular weight is 514 g/mol. The lowest BCUT2D eigenvalue weighted by Gasteiger charge is -2.30. The van der Waals surface area contributed by atoms with Gasteiger partial charge in [0.15, 0.2) is 0 Å². The van der Waals surface area contributed by atoms with Gasteiger partial charge in [0.25, 0.3) is 5.91 Å². The molecule has 7 nitrogen and oxygen atoms in total. The van der Waals surface area contributed by atoms with Gasteiger partial charge in [0.1, 0.15) is 0 Å². The Bertz CT molecular complexity index is 1130. The third-order valence-electron chi connectivity index (χ3n) is 6.33. The Hall–Kier alpha value is -2.71. The Morgan fingerprint density at radius 1 is 0.944 bits per heavy atom. The van der Waals surface area contributed by atoms with Gasteiger partial charge in [0.05, 0.1) is 5.75 Å². The SMILES string of the molecule is CC(=O)N1CCCCCCCN(CC(C)C)Cc2cc(C(=O)NS(=O)(=O)Cc3ccccc3)ccc21. The van der Waals surface area contributed by atoms with Crippen LogP contribution in [0.4, 0.5) is 5.69 Å². The molecule has 1 heterocycles. The lowest BCUT2D eigenvalue weighted by atomic mass is 10.0. The predicted molar refractivity (Wildman–Crippen MR) is 144 cm³/mol. The van der Waals surface area contributed by atoms with Crippen LogP contribution < -0.4 is 9.62 Å². The zero-order valence-corrected chi connectivity index (χ0v) is 22.5. The minimum Gasteiger partial charge on any atom is -0.312 e. The van der Waals surface area contributed by atoms with Crippen molar-refractivity contribution in [2.75, 3.05) is 24.5 Å². The van der Waals surface area contributed by atoms with Crippen LogP contribution >= 0.6 is 0 Å². The van der Waals surface area contributed by atoms with Gasteiger partial charge in [-0.1, -0.05) is 63.4 Å². The van der Waals surface area contributed by atoms with Crippen LogP contribution in [0.15, 0.2) is 48.5 Å². The lowest BCUT2D eigenvalue weighted by Crippen LogP contribution is -2.34. The van der Waals surface area contributed by atoms with Crippen LogP contribution in [0.3, 0.4) is 0 Å². The first-order valence-electron chi connectivity index (χ1n) is 12.9. The molecule has 0 atom stereocenters. The fraction of sp³-hybridized carbons (Fsp3) is 0.500. The van der Waals surface area contributed by atoms with E-state index in [-0.39, 0.29) is 17.2 Å². The van der Waals surface area contributed by atoms with E-state index in [0.29, 0.717) is 24.6 Å². The maximum Gasteiger partial charge on any atom is 0.264 e. The van der Waals surface area contributed by atoms with Gasteiger partial charge in [0.2, 0.25) is 15.9 Å². The van der Waals surface area contributed by atoms with Gasteiger partial charge in [0, 0.05) is 37.8 Å². The number of carbonyl (C=O) groups excluding carboxylic acids is 2. The molecule has 8 heteroatoms. The molecule has 0 bridgehead atoms. The van der Waals surface area contributed by atoms with Crippen LogP contribution in [0.1, 0.15) is 74.4 Å². The maximum absolute atomic E-state index is 13.0. The highest BCUT2D eigenvalue weighted by Gasteiger charge is 2.22. The predicted octanol–water partition coefficient (Wildman–Crippen LogP) is 4.72. The molecule has 2 aromatic rings. The number of fused-ring (bicyclic) bond motifs is 1. The van der Waals surface area contributed by atoms with Gasteiger partial charge < -0.3 is 4.90 Å². The van der Waals surface area contributed by atoms with E-state index in [4.69, 9.17) is 0 Å². The smallest absolute Gasteiger partial charge is 0.264 e. The molecule has 0 unspecified atom stereocenters. The summed E-state index contributed by atoms with van der Waals surface area (Å²) in [6, 6.07) is 13.9. The first kappa shape index (κ1) is 27.9. The van der Waals surface area contributed by atoms with Crippen molar-refractivity contribution in [3.8, 4) is 0 Å². The van der Waals surface area contributed by atoms with Crippen molar-refractivity contribution in [2.24, 2.45) is 5.92 Å². The van der Waals surface area contributed by atoms with E-state index >= 15 is 0 Å². The number of sulfonamides is 1. The summed E-state index contributed by atoms with van der Waals surface area (Å²) < 4.78 is 27.5. The molecule has 0 spiro atoms. The summed E-state index contributed by atoms with van der Waals surface area (Å²) in [6.07, 6.45) is 5.42. The lowest BCUT2D eigenvalue weighted by molar-refractivity contribution is -0.116. The molecule has 3 rings (SSSR count). The molecule has 1 aliphatic heterocycles. The van der Waals surface area contributed by atoms with Gasteiger partial charge in [-0.15, -0.1) is 0 Å². The summed E-state index contributed by atoms with van der Waals surface area (Å²) in [5, 5.41) is 0. The zero-order chi connectivity index (χ0) is 26.1. The van der Waals surface area contributed by atoms with Gasteiger partial charge in [-0.3, -0.25) is 14.5 Å². The standard InChI is InChI=1S/C28H39N3O4S/c1-22(2)19-30-16-10-5-4-6-11-17-31(23(3)32)27-15-14-25(18-26(27)20-30)28(33)29-36(34,35)21-24-12-8-7-9-13-24/h7-9,12-15,18,22H,4-6,10-11,16-17,19-21H2,1-3H3,(H,29,33). The number of amides is 2. The molecule has 0 fully saturated rings. The number of hydrogen-bond donors (Lipinski definition) is 1. The molecule has 196 valence electrons. The molecule has 0 aliphatic carbocycles. The summed E-state index contributed by atoms with van der Waals surface area (Å²) in [4.78, 5) is 29.7. The summed E-state index contributed by atoms with van der Waals surface area (Å²) >= 11 is 0. The van der Waals surface area contributed by atoms with Crippen molar-refractivity contribution in [1.82, 2.24) is 9.62 Å². The van der Waals surface area contributed by atoms with Crippen molar-refractivity contribution < 1.29 is 18.0 Å². The van der Waals surface area contributed by atoms with E-state index in [1.807, 2.05) is 6.07 Å². The summed E-state index contributed by atoms with van der Waals surface area (Å²) in [5.74, 6) is -0.499. The van der Waals surface area contributed by atoms with Crippen LogP contribution in [-0.2, 0) is 27.1 Å². The molecule has 1 N–H and O–H groups in total. The molecule has 0 saturated heterocycles. The highest BCUT2D eigenvalue weighted by atomic mass is 32.2. The Labute approximate surface area is 215 Å². The van der Waals surface area contributed by atoms with Crippen molar-refractivity contribution in [3.05, 3.63) is 65.2 Å². The molecular weight excluding hydrogens is 474 g/mol. The fourth-order valence-corrected chi connectivity index (χ4v) is 5.83. The highest BCUT2D eigenvalue weighted by Crippen LogP contribution is 2.26. The summed E-state index contributed by atoms with van der Waals surface area (Å²) in [7, 11) is -3.86. The van der Waals surface area contributed by atoms with E-state index in [1.165, 1.54) is 0 Å². The average Bonchev–Trinajstić information content (AvgIpc) is 2.79. The van der Waals surface area contributed by atoms with Gasteiger partial charge in [-0.25, -0.2) is 13.1 Å². The second kappa shape index (κ2) is 13.0. The molecule has 1 aliphatic rings. The fourth-order valence-electron chi connectivity index (χ4n) is 4.72. The molecule has 2 aromatic carbocycles. The second-order valence-corrected chi connectivity index (χ2v) is 11.8. The molecule has 2 amide bonds. The zero-order valence-electron chi connectivity index (χ0n) is 21.7.